The predicted octanol–water partition coefficient (Wildman–Crippen LogP) is 1.94. The second-order valence-electron chi connectivity index (χ2n) is 6.09. The molecule has 1 atom stereocenters. The molecule has 0 bridgehead atoms. The minimum atomic E-state index is 0.584. The average Bonchev–Trinajstić information content (AvgIpc) is 2.52. The van der Waals surface area contributed by atoms with E-state index in [1.807, 2.05) is 24.3 Å². The molecule has 1 aromatic carbocycles. The molecular formula is C17H29N3O. The highest BCUT2D eigenvalue weighted by atomic mass is 16.5. The molecule has 4 nitrogen and oxygen atoms in total. The number of hydrogen-bond acceptors (Lipinski definition) is 4. The topological polar surface area (TPSA) is 41.7 Å². The van der Waals surface area contributed by atoms with Crippen molar-refractivity contribution in [3.05, 3.63) is 29.8 Å². The van der Waals surface area contributed by atoms with Crippen LogP contribution >= 0.6 is 0 Å². The van der Waals surface area contributed by atoms with E-state index in [2.05, 4.69) is 23.9 Å². The fraction of sp³-hybridized carbons (Fsp3) is 0.647. The summed E-state index contributed by atoms with van der Waals surface area (Å²) in [6.07, 6.45) is 3.70. The van der Waals surface area contributed by atoms with Crippen molar-refractivity contribution in [3.63, 3.8) is 0 Å². The van der Waals surface area contributed by atoms with Crippen LogP contribution in [-0.2, 0) is 6.54 Å². The van der Waals surface area contributed by atoms with Crippen LogP contribution < -0.4 is 10.5 Å². The van der Waals surface area contributed by atoms with Crippen LogP contribution in [0.5, 0.6) is 5.75 Å². The van der Waals surface area contributed by atoms with Gasteiger partial charge in [-0.1, -0.05) is 12.1 Å². The van der Waals surface area contributed by atoms with E-state index in [1.165, 1.54) is 25.9 Å². The number of hydrogen-bond donors (Lipinski definition) is 1. The summed E-state index contributed by atoms with van der Waals surface area (Å²) < 4.78 is 5.79. The van der Waals surface area contributed by atoms with Crippen LogP contribution in [-0.4, -0.2) is 56.2 Å². The van der Waals surface area contributed by atoms with Crippen LogP contribution in [0.4, 0.5) is 0 Å². The van der Waals surface area contributed by atoms with Crippen molar-refractivity contribution in [2.75, 3.05) is 40.3 Å². The first-order chi connectivity index (χ1) is 10.2. The molecule has 4 heteroatoms. The SMILES string of the molecule is CN1CCCC(N(C)CCCOc2ccc(CN)cc2)C1. The molecule has 0 aromatic heterocycles. The lowest BCUT2D eigenvalue weighted by Crippen LogP contribution is -2.45. The van der Waals surface area contributed by atoms with Gasteiger partial charge in [-0.25, -0.2) is 0 Å². The van der Waals surface area contributed by atoms with Gasteiger partial charge >= 0.3 is 0 Å². The summed E-state index contributed by atoms with van der Waals surface area (Å²) in [5.41, 5.74) is 6.73. The fourth-order valence-electron chi connectivity index (χ4n) is 2.91. The highest BCUT2D eigenvalue weighted by Crippen LogP contribution is 2.14. The summed E-state index contributed by atoms with van der Waals surface area (Å²) in [7, 11) is 4.45. The van der Waals surface area contributed by atoms with E-state index in [1.54, 1.807) is 0 Å². The van der Waals surface area contributed by atoms with Gasteiger partial charge in [0.2, 0.25) is 0 Å². The minimum Gasteiger partial charge on any atom is -0.494 e. The summed E-state index contributed by atoms with van der Waals surface area (Å²) in [6.45, 7) is 4.89. The highest BCUT2D eigenvalue weighted by molar-refractivity contribution is 5.26. The summed E-state index contributed by atoms with van der Waals surface area (Å²) >= 11 is 0. The van der Waals surface area contributed by atoms with Crippen molar-refractivity contribution in [3.8, 4) is 5.75 Å². The summed E-state index contributed by atoms with van der Waals surface area (Å²) in [6, 6.07) is 8.76. The molecule has 118 valence electrons. The Morgan fingerprint density at radius 2 is 2.10 bits per heavy atom. The van der Waals surface area contributed by atoms with Crippen LogP contribution in [0.3, 0.4) is 0 Å². The Labute approximate surface area is 128 Å². The lowest BCUT2D eigenvalue weighted by atomic mass is 10.1. The molecule has 0 radical (unpaired) electrons. The van der Waals surface area contributed by atoms with Gasteiger partial charge in [0.15, 0.2) is 0 Å². The van der Waals surface area contributed by atoms with E-state index < -0.39 is 0 Å². The number of rotatable bonds is 7. The molecule has 1 aliphatic rings. The zero-order valence-electron chi connectivity index (χ0n) is 13.4. The molecule has 0 aliphatic carbocycles. The van der Waals surface area contributed by atoms with Crippen molar-refractivity contribution < 1.29 is 4.74 Å². The van der Waals surface area contributed by atoms with Crippen molar-refractivity contribution in [1.82, 2.24) is 9.80 Å². The van der Waals surface area contributed by atoms with E-state index in [9.17, 15) is 0 Å². The maximum Gasteiger partial charge on any atom is 0.119 e. The fourth-order valence-corrected chi connectivity index (χ4v) is 2.91. The lowest BCUT2D eigenvalue weighted by molar-refractivity contribution is 0.128. The van der Waals surface area contributed by atoms with E-state index in [-0.39, 0.29) is 0 Å². The monoisotopic (exact) mass is 291 g/mol. The third-order valence-corrected chi connectivity index (χ3v) is 4.31. The molecule has 2 rings (SSSR count). The Morgan fingerprint density at radius 3 is 2.76 bits per heavy atom. The second-order valence-corrected chi connectivity index (χ2v) is 6.09. The van der Waals surface area contributed by atoms with Gasteiger partial charge < -0.3 is 20.3 Å². The molecule has 1 aliphatic heterocycles. The van der Waals surface area contributed by atoms with Gasteiger partial charge in [0.1, 0.15) is 5.75 Å². The average molecular weight is 291 g/mol. The van der Waals surface area contributed by atoms with Crippen molar-refractivity contribution in [1.29, 1.82) is 0 Å². The first kappa shape index (κ1) is 16.3. The number of benzene rings is 1. The lowest BCUT2D eigenvalue weighted by Gasteiger charge is -2.35. The van der Waals surface area contributed by atoms with Gasteiger partial charge in [-0.05, 0) is 57.6 Å². The molecule has 0 spiro atoms. The van der Waals surface area contributed by atoms with Crippen LogP contribution in [0.1, 0.15) is 24.8 Å². The number of nitrogens with two attached hydrogens (primary N) is 1. The number of ether oxygens (including phenoxy) is 1. The molecule has 0 saturated carbocycles. The van der Waals surface area contributed by atoms with E-state index >= 15 is 0 Å². The van der Waals surface area contributed by atoms with Gasteiger partial charge in [0.05, 0.1) is 6.61 Å². The summed E-state index contributed by atoms with van der Waals surface area (Å²) in [4.78, 5) is 4.91. The largest absolute Gasteiger partial charge is 0.494 e. The third kappa shape index (κ3) is 5.30. The third-order valence-electron chi connectivity index (χ3n) is 4.31. The molecule has 21 heavy (non-hydrogen) atoms. The quantitative estimate of drug-likeness (QED) is 0.780. The number of piperidine rings is 1. The van der Waals surface area contributed by atoms with E-state index in [0.29, 0.717) is 12.6 Å². The van der Waals surface area contributed by atoms with E-state index in [0.717, 1.165) is 30.9 Å². The Hall–Kier alpha value is -1.10. The summed E-state index contributed by atoms with van der Waals surface area (Å²) in [5, 5.41) is 0. The van der Waals surface area contributed by atoms with Crippen molar-refractivity contribution >= 4 is 0 Å². The highest BCUT2D eigenvalue weighted by Gasteiger charge is 2.20. The van der Waals surface area contributed by atoms with Gasteiger partial charge in [-0.2, -0.15) is 0 Å². The first-order valence-electron chi connectivity index (χ1n) is 7.99. The van der Waals surface area contributed by atoms with Crippen LogP contribution in [0.25, 0.3) is 0 Å². The molecular weight excluding hydrogens is 262 g/mol. The molecule has 1 heterocycles. The maximum atomic E-state index is 5.79. The zero-order valence-corrected chi connectivity index (χ0v) is 13.4. The molecule has 0 amide bonds. The van der Waals surface area contributed by atoms with Gasteiger partial charge in [0.25, 0.3) is 0 Å². The zero-order chi connectivity index (χ0) is 15.1. The first-order valence-corrected chi connectivity index (χ1v) is 7.99. The normalized spacial score (nSPS) is 19.9. The van der Waals surface area contributed by atoms with Gasteiger partial charge in [-0.15, -0.1) is 0 Å². The Kier molecular flexibility index (Phi) is 6.49. The number of likely N-dealkylation sites (tertiary alicyclic amines) is 1. The summed E-state index contributed by atoms with van der Waals surface area (Å²) in [5.74, 6) is 0.937. The molecule has 1 saturated heterocycles. The smallest absolute Gasteiger partial charge is 0.119 e. The molecule has 1 unspecified atom stereocenters. The molecule has 1 aromatic rings. The molecule has 1 fully saturated rings. The minimum absolute atomic E-state index is 0.584. The van der Waals surface area contributed by atoms with Crippen molar-refractivity contribution in [2.45, 2.75) is 31.8 Å². The van der Waals surface area contributed by atoms with Crippen LogP contribution in [0.15, 0.2) is 24.3 Å². The second kappa shape index (κ2) is 8.37. The van der Waals surface area contributed by atoms with Crippen molar-refractivity contribution in [2.24, 2.45) is 5.73 Å². The Morgan fingerprint density at radius 1 is 1.33 bits per heavy atom. The predicted molar refractivity (Wildman–Crippen MR) is 87.6 cm³/mol. The standard InChI is InChI=1S/C17H29N3O/c1-19-10-3-5-16(14-19)20(2)11-4-12-21-17-8-6-15(13-18)7-9-17/h6-9,16H,3-5,10-14,18H2,1-2H3. The Balaban J connectivity index is 1.64. The number of likely N-dealkylation sites (N-methyl/N-ethyl adjacent to an activating group) is 2. The van der Waals surface area contributed by atoms with Gasteiger partial charge in [0, 0.05) is 25.7 Å². The molecule has 2 N–H and O–H groups in total. The van der Waals surface area contributed by atoms with Crippen LogP contribution in [0, 0.1) is 0 Å². The number of nitrogens with zero attached hydrogens (tertiary/aromatic N) is 2. The maximum absolute atomic E-state index is 5.79. The van der Waals surface area contributed by atoms with Crippen LogP contribution in [0.2, 0.25) is 0 Å². The Bertz CT molecular complexity index is 407. The van der Waals surface area contributed by atoms with E-state index in [4.69, 9.17) is 10.5 Å². The van der Waals surface area contributed by atoms with Gasteiger partial charge in [-0.3, -0.25) is 0 Å².